The summed E-state index contributed by atoms with van der Waals surface area (Å²) in [7, 11) is 0. The van der Waals surface area contributed by atoms with Crippen molar-refractivity contribution in [3.8, 4) is 0 Å². The molecule has 0 unspecified atom stereocenters. The Kier molecular flexibility index (Phi) is 4.62. The van der Waals surface area contributed by atoms with E-state index < -0.39 is 17.2 Å². The Morgan fingerprint density at radius 3 is 2.50 bits per heavy atom. The number of rotatable bonds is 3. The number of halogens is 2. The number of carbonyl (C=O) groups excluding carboxylic acids is 1. The third-order valence-corrected chi connectivity index (χ3v) is 4.12. The van der Waals surface area contributed by atoms with Gasteiger partial charge in [0.25, 0.3) is 11.5 Å². The molecule has 1 amide bonds. The first-order valence-electron chi connectivity index (χ1n) is 7.92. The van der Waals surface area contributed by atoms with E-state index in [1.54, 1.807) is 4.90 Å². The fourth-order valence-corrected chi connectivity index (χ4v) is 2.90. The standard InChI is InChI=1S/C17H18F2N2O3/c1-2-3-21-15(17(23)20-4-6-24-7-5-20)9-11-8-13(18)14(19)10-12(11)16(21)22/h8-10H,2-7H2,1H3. The maximum atomic E-state index is 13.5. The highest BCUT2D eigenvalue weighted by Crippen LogP contribution is 2.19. The van der Waals surface area contributed by atoms with Crippen LogP contribution in [0.4, 0.5) is 8.78 Å². The van der Waals surface area contributed by atoms with E-state index >= 15 is 0 Å². The molecule has 2 aromatic rings. The Labute approximate surface area is 137 Å². The molecule has 1 aliphatic rings. The molecule has 1 saturated heterocycles. The van der Waals surface area contributed by atoms with E-state index in [9.17, 15) is 18.4 Å². The molecular formula is C17H18F2N2O3. The first-order valence-corrected chi connectivity index (χ1v) is 7.92. The fraction of sp³-hybridized carbons (Fsp3) is 0.412. The van der Waals surface area contributed by atoms with Crippen molar-refractivity contribution >= 4 is 16.7 Å². The average molecular weight is 336 g/mol. The summed E-state index contributed by atoms with van der Waals surface area (Å²) in [6.07, 6.45) is 0.637. The van der Waals surface area contributed by atoms with Gasteiger partial charge in [-0.2, -0.15) is 0 Å². The lowest BCUT2D eigenvalue weighted by Gasteiger charge is -2.28. The molecule has 2 heterocycles. The number of nitrogens with zero attached hydrogens (tertiary/aromatic N) is 2. The van der Waals surface area contributed by atoms with E-state index in [1.165, 1.54) is 10.6 Å². The highest BCUT2D eigenvalue weighted by atomic mass is 19.2. The van der Waals surface area contributed by atoms with E-state index in [0.29, 0.717) is 39.3 Å². The first-order chi connectivity index (χ1) is 11.5. The van der Waals surface area contributed by atoms with Gasteiger partial charge in [0.05, 0.1) is 18.6 Å². The summed E-state index contributed by atoms with van der Waals surface area (Å²) in [4.78, 5) is 27.1. The number of morpholine rings is 1. The van der Waals surface area contributed by atoms with Crippen LogP contribution in [0.25, 0.3) is 10.8 Å². The van der Waals surface area contributed by atoms with Crippen molar-refractivity contribution in [2.24, 2.45) is 0 Å². The molecule has 0 spiro atoms. The number of hydrogen-bond donors (Lipinski definition) is 0. The molecule has 0 atom stereocenters. The monoisotopic (exact) mass is 336 g/mol. The maximum Gasteiger partial charge on any atom is 0.270 e. The topological polar surface area (TPSA) is 51.5 Å². The summed E-state index contributed by atoms with van der Waals surface area (Å²) >= 11 is 0. The number of benzene rings is 1. The van der Waals surface area contributed by atoms with Gasteiger partial charge in [-0.05, 0) is 30.0 Å². The third kappa shape index (κ3) is 2.91. The van der Waals surface area contributed by atoms with Crippen LogP contribution in [0, 0.1) is 11.6 Å². The van der Waals surface area contributed by atoms with Crippen LogP contribution in [0.3, 0.4) is 0 Å². The molecule has 0 saturated carbocycles. The maximum absolute atomic E-state index is 13.5. The normalized spacial score (nSPS) is 15.0. The first kappa shape index (κ1) is 16.6. The van der Waals surface area contributed by atoms with Crippen LogP contribution < -0.4 is 5.56 Å². The molecule has 0 radical (unpaired) electrons. The smallest absolute Gasteiger partial charge is 0.270 e. The van der Waals surface area contributed by atoms with Gasteiger partial charge in [-0.25, -0.2) is 8.78 Å². The highest BCUT2D eigenvalue weighted by molar-refractivity contribution is 5.96. The fourth-order valence-electron chi connectivity index (χ4n) is 2.90. The van der Waals surface area contributed by atoms with Crippen LogP contribution in [0.15, 0.2) is 23.0 Å². The highest BCUT2D eigenvalue weighted by Gasteiger charge is 2.23. The van der Waals surface area contributed by atoms with Gasteiger partial charge in [-0.1, -0.05) is 6.92 Å². The van der Waals surface area contributed by atoms with Crippen molar-refractivity contribution < 1.29 is 18.3 Å². The molecule has 0 N–H and O–H groups in total. The predicted octanol–water partition coefficient (Wildman–Crippen LogP) is 2.16. The Balaban J connectivity index is 2.17. The van der Waals surface area contributed by atoms with Crippen molar-refractivity contribution in [2.75, 3.05) is 26.3 Å². The van der Waals surface area contributed by atoms with Crippen LogP contribution in [0.5, 0.6) is 0 Å². The average Bonchev–Trinajstić information content (AvgIpc) is 2.59. The number of amides is 1. The van der Waals surface area contributed by atoms with Gasteiger partial charge in [0.2, 0.25) is 0 Å². The number of ether oxygens (including phenoxy) is 1. The number of hydrogen-bond acceptors (Lipinski definition) is 3. The van der Waals surface area contributed by atoms with Crippen molar-refractivity contribution in [1.29, 1.82) is 0 Å². The van der Waals surface area contributed by atoms with E-state index in [0.717, 1.165) is 12.1 Å². The summed E-state index contributed by atoms with van der Waals surface area (Å²) in [5.41, 5.74) is -0.285. The molecule has 1 aromatic heterocycles. The van der Waals surface area contributed by atoms with Crippen molar-refractivity contribution in [2.45, 2.75) is 19.9 Å². The van der Waals surface area contributed by atoms with Crippen LogP contribution in [-0.2, 0) is 11.3 Å². The minimum atomic E-state index is -1.07. The zero-order valence-corrected chi connectivity index (χ0v) is 13.3. The minimum absolute atomic E-state index is 0.0703. The van der Waals surface area contributed by atoms with Crippen molar-refractivity contribution in [1.82, 2.24) is 9.47 Å². The Bertz CT molecular complexity index is 842. The number of pyridine rings is 1. The summed E-state index contributed by atoms with van der Waals surface area (Å²) in [6, 6.07) is 3.31. The molecule has 3 rings (SSSR count). The molecule has 24 heavy (non-hydrogen) atoms. The van der Waals surface area contributed by atoms with E-state index in [1.807, 2.05) is 6.92 Å². The lowest BCUT2D eigenvalue weighted by Crippen LogP contribution is -2.43. The molecule has 7 heteroatoms. The van der Waals surface area contributed by atoms with Crippen molar-refractivity contribution in [3.05, 3.63) is 45.9 Å². The molecule has 128 valence electrons. The largest absolute Gasteiger partial charge is 0.378 e. The minimum Gasteiger partial charge on any atom is -0.378 e. The number of aromatic nitrogens is 1. The zero-order valence-electron chi connectivity index (χ0n) is 13.3. The van der Waals surface area contributed by atoms with Crippen LogP contribution in [-0.4, -0.2) is 41.7 Å². The van der Waals surface area contributed by atoms with Gasteiger partial charge in [0.1, 0.15) is 5.69 Å². The molecule has 5 nitrogen and oxygen atoms in total. The van der Waals surface area contributed by atoms with Gasteiger partial charge in [0, 0.05) is 19.6 Å². The lowest BCUT2D eigenvalue weighted by molar-refractivity contribution is 0.0295. The Hall–Kier alpha value is -2.28. The van der Waals surface area contributed by atoms with Gasteiger partial charge in [-0.15, -0.1) is 0 Å². The second-order valence-electron chi connectivity index (χ2n) is 5.74. The van der Waals surface area contributed by atoms with Crippen LogP contribution >= 0.6 is 0 Å². The predicted molar refractivity (Wildman–Crippen MR) is 85.1 cm³/mol. The van der Waals surface area contributed by atoms with Gasteiger partial charge < -0.3 is 14.2 Å². The number of fused-ring (bicyclic) bond motifs is 1. The van der Waals surface area contributed by atoms with Crippen molar-refractivity contribution in [3.63, 3.8) is 0 Å². The zero-order chi connectivity index (χ0) is 17.3. The Morgan fingerprint density at radius 2 is 1.83 bits per heavy atom. The second-order valence-corrected chi connectivity index (χ2v) is 5.74. The summed E-state index contributed by atoms with van der Waals surface area (Å²) < 4.78 is 33.6. The van der Waals surface area contributed by atoms with Gasteiger partial charge >= 0.3 is 0 Å². The van der Waals surface area contributed by atoms with Crippen LogP contribution in [0.1, 0.15) is 23.8 Å². The quantitative estimate of drug-likeness (QED) is 0.863. The summed E-state index contributed by atoms with van der Waals surface area (Å²) in [5, 5.41) is 0.295. The Morgan fingerprint density at radius 1 is 1.17 bits per heavy atom. The molecule has 1 aromatic carbocycles. The second kappa shape index (κ2) is 6.68. The van der Waals surface area contributed by atoms with Crippen LogP contribution in [0.2, 0.25) is 0 Å². The molecule has 1 fully saturated rings. The molecule has 0 bridgehead atoms. The molecular weight excluding hydrogens is 318 g/mol. The SMILES string of the molecule is CCCn1c(C(=O)N2CCOCC2)cc2cc(F)c(F)cc2c1=O. The van der Waals surface area contributed by atoms with Gasteiger partial charge in [0.15, 0.2) is 11.6 Å². The third-order valence-electron chi connectivity index (χ3n) is 4.12. The summed E-state index contributed by atoms with van der Waals surface area (Å²) in [6.45, 7) is 3.97. The molecule has 1 aliphatic heterocycles. The summed E-state index contributed by atoms with van der Waals surface area (Å²) in [5.74, 6) is -2.41. The van der Waals surface area contributed by atoms with E-state index in [-0.39, 0.29) is 22.4 Å². The van der Waals surface area contributed by atoms with E-state index in [4.69, 9.17) is 4.74 Å². The lowest BCUT2D eigenvalue weighted by atomic mass is 10.1. The number of carbonyl (C=O) groups is 1. The van der Waals surface area contributed by atoms with E-state index in [2.05, 4.69) is 0 Å². The van der Waals surface area contributed by atoms with Gasteiger partial charge in [-0.3, -0.25) is 9.59 Å². The molecule has 0 aliphatic carbocycles.